The lowest BCUT2D eigenvalue weighted by Crippen LogP contribution is -2.24. The van der Waals surface area contributed by atoms with Crippen LogP contribution in [0.5, 0.6) is 0 Å². The summed E-state index contributed by atoms with van der Waals surface area (Å²) in [6.07, 6.45) is 0.697. The predicted octanol–water partition coefficient (Wildman–Crippen LogP) is 4.33. The summed E-state index contributed by atoms with van der Waals surface area (Å²) in [4.78, 5) is 25.9. The Morgan fingerprint density at radius 3 is 2.50 bits per heavy atom. The largest absolute Gasteiger partial charge is 0.325 e. The molecule has 1 N–H and O–H groups in total. The molecule has 0 atom stereocenters. The lowest BCUT2D eigenvalue weighted by atomic mass is 10.1. The topological polar surface area (TPSA) is 81.3 Å². The number of benzene rings is 3. The molecule has 0 saturated carbocycles. The van der Waals surface area contributed by atoms with Crippen molar-refractivity contribution < 1.29 is 4.79 Å². The number of rotatable bonds is 7. The van der Waals surface area contributed by atoms with Gasteiger partial charge in [-0.3, -0.25) is 18.6 Å². The molecule has 7 nitrogen and oxygen atoms in total. The van der Waals surface area contributed by atoms with Crippen LogP contribution in [-0.2, 0) is 17.8 Å². The van der Waals surface area contributed by atoms with Crippen LogP contribution >= 0.6 is 11.8 Å². The summed E-state index contributed by atoms with van der Waals surface area (Å²) in [5, 5.41) is 12.8. The molecular weight excluding hydrogens is 446 g/mol. The van der Waals surface area contributed by atoms with Crippen LogP contribution in [-0.4, -0.2) is 30.8 Å². The second-order valence-electron chi connectivity index (χ2n) is 7.98. The van der Waals surface area contributed by atoms with Gasteiger partial charge >= 0.3 is 0 Å². The number of para-hydroxylation sites is 2. The van der Waals surface area contributed by atoms with Gasteiger partial charge in [-0.1, -0.05) is 72.4 Å². The van der Waals surface area contributed by atoms with Crippen LogP contribution in [0.25, 0.3) is 16.7 Å². The summed E-state index contributed by atoms with van der Waals surface area (Å²) in [6.45, 7) is 2.43. The predicted molar refractivity (Wildman–Crippen MR) is 135 cm³/mol. The first-order valence-electron chi connectivity index (χ1n) is 11.0. The molecule has 170 valence electrons. The first-order valence-corrected chi connectivity index (χ1v) is 12.0. The molecule has 0 radical (unpaired) electrons. The van der Waals surface area contributed by atoms with E-state index in [1.165, 1.54) is 11.8 Å². The molecule has 0 aliphatic carbocycles. The molecule has 1 amide bonds. The third kappa shape index (κ3) is 4.32. The van der Waals surface area contributed by atoms with Crippen LogP contribution in [0.2, 0.25) is 0 Å². The highest BCUT2D eigenvalue weighted by molar-refractivity contribution is 7.99. The van der Waals surface area contributed by atoms with Gasteiger partial charge in [0.25, 0.3) is 5.56 Å². The van der Waals surface area contributed by atoms with Gasteiger partial charge < -0.3 is 5.32 Å². The molecule has 0 spiro atoms. The Kier molecular flexibility index (Phi) is 6.14. The highest BCUT2D eigenvalue weighted by Crippen LogP contribution is 2.22. The minimum atomic E-state index is -0.127. The number of hydrogen-bond acceptors (Lipinski definition) is 5. The maximum atomic E-state index is 13.3. The highest BCUT2D eigenvalue weighted by Gasteiger charge is 2.17. The van der Waals surface area contributed by atoms with Gasteiger partial charge in [-0.05, 0) is 42.7 Å². The van der Waals surface area contributed by atoms with Crippen LogP contribution in [0, 0.1) is 6.92 Å². The maximum Gasteiger partial charge on any atom is 0.262 e. The Morgan fingerprint density at radius 1 is 0.941 bits per heavy atom. The average Bonchev–Trinajstić information content (AvgIpc) is 3.29. The summed E-state index contributed by atoms with van der Waals surface area (Å²) in [5.74, 6) is 0.520. The summed E-state index contributed by atoms with van der Waals surface area (Å²) in [6, 6.07) is 25.1. The fourth-order valence-electron chi connectivity index (χ4n) is 3.94. The number of aromatic nitrogens is 4. The van der Waals surface area contributed by atoms with E-state index in [2.05, 4.69) is 15.5 Å². The molecule has 0 aliphatic heterocycles. The number of carbonyl (C=O) groups is 1. The molecule has 0 aliphatic rings. The monoisotopic (exact) mass is 469 g/mol. The zero-order valence-corrected chi connectivity index (χ0v) is 19.5. The number of nitrogens with zero attached hydrogens (tertiary/aromatic N) is 4. The summed E-state index contributed by atoms with van der Waals surface area (Å²) in [5.41, 5.74) is 3.56. The molecule has 5 aromatic rings. The molecule has 8 heteroatoms. The van der Waals surface area contributed by atoms with Crippen LogP contribution in [0.4, 0.5) is 5.69 Å². The van der Waals surface area contributed by atoms with Crippen LogP contribution < -0.4 is 10.9 Å². The molecule has 2 heterocycles. The number of amides is 1. The van der Waals surface area contributed by atoms with Crippen molar-refractivity contribution in [1.29, 1.82) is 0 Å². The second kappa shape index (κ2) is 9.52. The second-order valence-corrected chi connectivity index (χ2v) is 8.92. The first-order chi connectivity index (χ1) is 16.6. The van der Waals surface area contributed by atoms with Crippen molar-refractivity contribution in [1.82, 2.24) is 19.2 Å². The molecule has 0 fully saturated rings. The van der Waals surface area contributed by atoms with Gasteiger partial charge in [-0.25, -0.2) is 0 Å². The van der Waals surface area contributed by atoms with Crippen molar-refractivity contribution in [2.45, 2.75) is 25.0 Å². The number of hydrogen-bond donors (Lipinski definition) is 1. The molecule has 0 bridgehead atoms. The molecule has 5 rings (SSSR count). The minimum absolute atomic E-state index is 0.0970. The lowest BCUT2D eigenvalue weighted by Gasteiger charge is -2.11. The Hall–Kier alpha value is -3.91. The number of aryl methyl sites for hydroxylation is 3. The van der Waals surface area contributed by atoms with Gasteiger partial charge in [0.2, 0.25) is 11.7 Å². The number of fused-ring (bicyclic) bond motifs is 3. The summed E-state index contributed by atoms with van der Waals surface area (Å²) >= 11 is 1.30. The Labute approximate surface area is 200 Å². The van der Waals surface area contributed by atoms with E-state index in [9.17, 15) is 9.59 Å². The van der Waals surface area contributed by atoms with Gasteiger partial charge in [-0.2, -0.15) is 0 Å². The zero-order chi connectivity index (χ0) is 23.5. The van der Waals surface area contributed by atoms with E-state index in [-0.39, 0.29) is 17.2 Å². The van der Waals surface area contributed by atoms with Crippen molar-refractivity contribution in [2.24, 2.45) is 0 Å². The van der Waals surface area contributed by atoms with Crippen molar-refractivity contribution in [3.63, 3.8) is 0 Å². The van der Waals surface area contributed by atoms with E-state index in [0.29, 0.717) is 29.3 Å². The van der Waals surface area contributed by atoms with Gasteiger partial charge in [-0.15, -0.1) is 10.2 Å². The van der Waals surface area contributed by atoms with E-state index in [4.69, 9.17) is 0 Å². The average molecular weight is 470 g/mol. The molecule has 34 heavy (non-hydrogen) atoms. The minimum Gasteiger partial charge on any atom is -0.325 e. The van der Waals surface area contributed by atoms with Crippen LogP contribution in [0.3, 0.4) is 0 Å². The number of thioether (sulfide) groups is 1. The van der Waals surface area contributed by atoms with Gasteiger partial charge in [0.05, 0.1) is 16.7 Å². The number of carbonyl (C=O) groups excluding carboxylic acids is 1. The number of nitrogens with one attached hydrogen (secondary N) is 1. The van der Waals surface area contributed by atoms with E-state index < -0.39 is 0 Å². The van der Waals surface area contributed by atoms with E-state index in [0.717, 1.165) is 22.3 Å². The fourth-order valence-corrected chi connectivity index (χ4v) is 4.68. The Bertz CT molecular complexity index is 1540. The van der Waals surface area contributed by atoms with Gasteiger partial charge in [0.1, 0.15) is 0 Å². The first kappa shape index (κ1) is 21.9. The highest BCUT2D eigenvalue weighted by atomic mass is 32.2. The van der Waals surface area contributed by atoms with Crippen LogP contribution in [0.15, 0.2) is 88.8 Å². The van der Waals surface area contributed by atoms with Crippen molar-refractivity contribution in [3.05, 3.63) is 100 Å². The third-order valence-electron chi connectivity index (χ3n) is 5.70. The third-order valence-corrected chi connectivity index (χ3v) is 6.63. The lowest BCUT2D eigenvalue weighted by molar-refractivity contribution is -0.113. The van der Waals surface area contributed by atoms with Crippen molar-refractivity contribution in [3.8, 4) is 0 Å². The number of anilines is 1. The summed E-state index contributed by atoms with van der Waals surface area (Å²) < 4.78 is 3.53. The standard InChI is InChI=1S/C26H23N5O2S/c1-18-9-5-7-13-21(18)27-23(32)17-34-26-29-28-25-30(16-15-19-10-3-2-4-11-19)24(33)20-12-6-8-14-22(20)31(25)26/h2-14H,15-17H2,1H3,(H,27,32). The fraction of sp³-hybridized carbons (Fsp3) is 0.154. The SMILES string of the molecule is Cc1ccccc1NC(=O)CSc1nnc2n(CCc3ccccc3)c(=O)c3ccccc3n12. The Morgan fingerprint density at radius 2 is 1.68 bits per heavy atom. The molecular formula is C26H23N5O2S. The van der Waals surface area contributed by atoms with Crippen molar-refractivity contribution >= 4 is 40.0 Å². The Balaban J connectivity index is 1.46. The van der Waals surface area contributed by atoms with E-state index >= 15 is 0 Å². The quantitative estimate of drug-likeness (QED) is 0.359. The van der Waals surface area contributed by atoms with Crippen molar-refractivity contribution in [2.75, 3.05) is 11.1 Å². The normalized spacial score (nSPS) is 11.2. The summed E-state index contributed by atoms with van der Waals surface area (Å²) in [7, 11) is 0. The smallest absolute Gasteiger partial charge is 0.262 e. The van der Waals surface area contributed by atoms with Gasteiger partial charge in [0.15, 0.2) is 5.16 Å². The molecule has 0 unspecified atom stereocenters. The van der Waals surface area contributed by atoms with E-state index in [1.807, 2.05) is 90.2 Å². The molecule has 3 aromatic carbocycles. The molecule has 2 aromatic heterocycles. The molecule has 0 saturated heterocycles. The zero-order valence-electron chi connectivity index (χ0n) is 18.6. The van der Waals surface area contributed by atoms with Crippen LogP contribution in [0.1, 0.15) is 11.1 Å². The van der Waals surface area contributed by atoms with E-state index in [1.54, 1.807) is 4.57 Å². The van der Waals surface area contributed by atoms with Gasteiger partial charge in [0, 0.05) is 12.2 Å². The maximum absolute atomic E-state index is 13.3.